The smallest absolute Gasteiger partial charge is 0.314 e. The zero-order chi connectivity index (χ0) is 16.3. The first-order chi connectivity index (χ1) is 11.1. The van der Waals surface area contributed by atoms with Crippen molar-refractivity contribution in [3.63, 3.8) is 0 Å². The van der Waals surface area contributed by atoms with Crippen LogP contribution in [0.15, 0.2) is 48.5 Å². The summed E-state index contributed by atoms with van der Waals surface area (Å²) in [5.41, 5.74) is 0.855. The van der Waals surface area contributed by atoms with E-state index in [0.717, 1.165) is 18.4 Å². The van der Waals surface area contributed by atoms with Gasteiger partial charge in [-0.25, -0.2) is 0 Å². The minimum Gasteiger partial charge on any atom is -0.504 e. The van der Waals surface area contributed by atoms with Crippen molar-refractivity contribution in [2.24, 2.45) is 0 Å². The van der Waals surface area contributed by atoms with Crippen molar-refractivity contribution in [2.75, 3.05) is 0 Å². The molecule has 2 aromatic rings. The lowest BCUT2D eigenvalue weighted by molar-refractivity contribution is -0.143. The molecule has 0 amide bonds. The predicted molar refractivity (Wildman–Crippen MR) is 86.7 cm³/mol. The maximum absolute atomic E-state index is 11.8. The lowest BCUT2D eigenvalue weighted by Gasteiger charge is -2.25. The van der Waals surface area contributed by atoms with E-state index in [1.807, 2.05) is 30.3 Å². The Bertz CT molecular complexity index is 688. The van der Waals surface area contributed by atoms with Crippen LogP contribution in [0.4, 0.5) is 0 Å². The molecule has 0 aromatic heterocycles. The van der Waals surface area contributed by atoms with E-state index in [4.69, 9.17) is 4.74 Å². The molecule has 0 heterocycles. The third-order valence-electron chi connectivity index (χ3n) is 4.62. The Hall–Kier alpha value is -2.49. The van der Waals surface area contributed by atoms with Crippen LogP contribution in [0.5, 0.6) is 11.5 Å². The Balaban J connectivity index is 1.85. The molecule has 2 aromatic carbocycles. The lowest BCUT2D eigenvalue weighted by Crippen LogP contribution is -2.32. The van der Waals surface area contributed by atoms with Crippen LogP contribution in [0.3, 0.4) is 0 Å². The van der Waals surface area contributed by atoms with Crippen LogP contribution in [0, 0.1) is 0 Å². The van der Waals surface area contributed by atoms with Gasteiger partial charge in [-0.15, -0.1) is 0 Å². The molecular formula is C19H20O4. The van der Waals surface area contributed by atoms with E-state index in [9.17, 15) is 15.0 Å². The van der Waals surface area contributed by atoms with Crippen LogP contribution in [0.2, 0.25) is 0 Å². The number of hydrogen-bond donors (Lipinski definition) is 2. The maximum atomic E-state index is 11.8. The third kappa shape index (κ3) is 3.02. The quantitative estimate of drug-likeness (QED) is 0.879. The average molecular weight is 312 g/mol. The van der Waals surface area contributed by atoms with Crippen molar-refractivity contribution in [1.82, 2.24) is 0 Å². The van der Waals surface area contributed by atoms with Crippen molar-refractivity contribution >= 4 is 5.97 Å². The molecule has 0 radical (unpaired) electrons. The van der Waals surface area contributed by atoms with E-state index in [2.05, 4.69) is 0 Å². The molecule has 0 aliphatic heterocycles. The molecule has 1 aliphatic rings. The van der Waals surface area contributed by atoms with Gasteiger partial charge in [-0.2, -0.15) is 0 Å². The fraction of sp³-hybridized carbons (Fsp3) is 0.316. The highest BCUT2D eigenvalue weighted by atomic mass is 16.5. The zero-order valence-electron chi connectivity index (χ0n) is 12.9. The Kier molecular flexibility index (Phi) is 4.24. The number of phenols is 1. The number of phenolic OH excluding ortho intramolecular Hbond substituents is 1. The normalized spacial score (nSPS) is 16.2. The van der Waals surface area contributed by atoms with Gasteiger partial charge in [0.15, 0.2) is 11.5 Å². The summed E-state index contributed by atoms with van der Waals surface area (Å²) >= 11 is 0. The highest BCUT2D eigenvalue weighted by molar-refractivity contribution is 5.82. The van der Waals surface area contributed by atoms with Crippen molar-refractivity contribution in [1.29, 1.82) is 0 Å². The second-order valence-electron chi connectivity index (χ2n) is 6.05. The van der Waals surface area contributed by atoms with Gasteiger partial charge in [-0.3, -0.25) is 4.79 Å². The Labute approximate surface area is 135 Å². The fourth-order valence-corrected chi connectivity index (χ4v) is 3.27. The van der Waals surface area contributed by atoms with Crippen LogP contribution in [0.25, 0.3) is 0 Å². The molecule has 0 unspecified atom stereocenters. The number of aromatic hydroxyl groups is 1. The summed E-state index contributed by atoms with van der Waals surface area (Å²) in [4.78, 5) is 11.8. The summed E-state index contributed by atoms with van der Waals surface area (Å²) in [7, 11) is 0. The van der Waals surface area contributed by atoms with Gasteiger partial charge in [-0.05, 0) is 36.1 Å². The van der Waals surface area contributed by atoms with Crippen LogP contribution in [-0.4, -0.2) is 16.2 Å². The number of carbonyl (C=O) groups is 1. The minimum atomic E-state index is -0.849. The molecule has 3 rings (SSSR count). The van der Waals surface area contributed by atoms with Crippen LogP contribution in [-0.2, 0) is 16.8 Å². The molecule has 2 N–H and O–H groups in total. The summed E-state index contributed by atoms with van der Waals surface area (Å²) in [6, 6.07) is 14.6. The third-order valence-corrected chi connectivity index (χ3v) is 4.62. The second-order valence-corrected chi connectivity index (χ2v) is 6.05. The average Bonchev–Trinajstić information content (AvgIpc) is 3.06. The summed E-state index contributed by atoms with van der Waals surface area (Å²) in [6.07, 6.45) is 3.08. The second kappa shape index (κ2) is 6.32. The Morgan fingerprint density at radius 3 is 2.43 bits per heavy atom. The maximum Gasteiger partial charge on any atom is 0.314 e. The summed E-state index contributed by atoms with van der Waals surface area (Å²) < 4.78 is 5.70. The summed E-state index contributed by atoms with van der Waals surface area (Å²) in [5, 5.41) is 19.7. The van der Waals surface area contributed by atoms with Gasteiger partial charge in [0.2, 0.25) is 0 Å². The van der Waals surface area contributed by atoms with Gasteiger partial charge >= 0.3 is 5.97 Å². The largest absolute Gasteiger partial charge is 0.504 e. The first-order valence-corrected chi connectivity index (χ1v) is 7.85. The van der Waals surface area contributed by atoms with E-state index in [1.54, 1.807) is 12.1 Å². The molecule has 0 saturated heterocycles. The van der Waals surface area contributed by atoms with E-state index in [-0.39, 0.29) is 5.75 Å². The Morgan fingerprint density at radius 2 is 1.78 bits per heavy atom. The summed E-state index contributed by atoms with van der Waals surface area (Å²) in [5.74, 6) is -0.434. The molecule has 0 bridgehead atoms. The fourth-order valence-electron chi connectivity index (χ4n) is 3.27. The van der Waals surface area contributed by atoms with Crippen LogP contribution >= 0.6 is 0 Å². The molecule has 23 heavy (non-hydrogen) atoms. The van der Waals surface area contributed by atoms with E-state index >= 15 is 0 Å². The number of benzene rings is 2. The van der Waals surface area contributed by atoms with Gasteiger partial charge in [-0.1, -0.05) is 49.2 Å². The van der Waals surface area contributed by atoms with Crippen molar-refractivity contribution in [2.45, 2.75) is 37.7 Å². The standard InChI is InChI=1S/C19H20O4/c20-16-9-8-15(19(18(21)22)10-4-5-11-19)12-17(16)23-13-14-6-2-1-3-7-14/h1-3,6-9,12,20H,4-5,10-11,13H2,(H,21,22). The highest BCUT2D eigenvalue weighted by Gasteiger charge is 2.43. The first kappa shape index (κ1) is 15.4. The predicted octanol–water partition coefficient (Wildman–Crippen LogP) is 3.87. The zero-order valence-corrected chi connectivity index (χ0v) is 12.9. The van der Waals surface area contributed by atoms with Crippen LogP contribution in [0.1, 0.15) is 36.8 Å². The van der Waals surface area contributed by atoms with Crippen molar-refractivity contribution < 1.29 is 19.7 Å². The highest BCUT2D eigenvalue weighted by Crippen LogP contribution is 2.43. The van der Waals surface area contributed by atoms with Crippen molar-refractivity contribution in [3.8, 4) is 11.5 Å². The molecule has 0 spiro atoms. The molecule has 1 saturated carbocycles. The summed E-state index contributed by atoms with van der Waals surface area (Å²) in [6.45, 7) is 0.331. The number of carboxylic acids is 1. The van der Waals surface area contributed by atoms with E-state index in [1.165, 1.54) is 6.07 Å². The molecular weight excluding hydrogens is 292 g/mol. The van der Waals surface area contributed by atoms with E-state index in [0.29, 0.717) is 30.8 Å². The number of carboxylic acid groups (broad SMARTS) is 1. The van der Waals surface area contributed by atoms with Gasteiger partial charge in [0, 0.05) is 0 Å². The van der Waals surface area contributed by atoms with Gasteiger partial charge in [0.05, 0.1) is 5.41 Å². The molecule has 1 fully saturated rings. The molecule has 4 heteroatoms. The minimum absolute atomic E-state index is 0.0308. The van der Waals surface area contributed by atoms with Gasteiger partial charge < -0.3 is 14.9 Å². The molecule has 120 valence electrons. The number of ether oxygens (including phenoxy) is 1. The number of hydrogen-bond acceptors (Lipinski definition) is 3. The first-order valence-electron chi connectivity index (χ1n) is 7.85. The molecule has 1 aliphatic carbocycles. The number of rotatable bonds is 5. The molecule has 0 atom stereocenters. The van der Waals surface area contributed by atoms with Crippen LogP contribution < -0.4 is 4.74 Å². The topological polar surface area (TPSA) is 66.8 Å². The molecule has 4 nitrogen and oxygen atoms in total. The van der Waals surface area contributed by atoms with Crippen molar-refractivity contribution in [3.05, 3.63) is 59.7 Å². The Morgan fingerprint density at radius 1 is 1.09 bits per heavy atom. The van der Waals surface area contributed by atoms with E-state index < -0.39 is 11.4 Å². The number of aliphatic carboxylic acids is 1. The lowest BCUT2D eigenvalue weighted by atomic mass is 9.79. The SMILES string of the molecule is O=C(O)C1(c2ccc(O)c(OCc3ccccc3)c2)CCCC1. The van der Waals surface area contributed by atoms with Gasteiger partial charge in [0.1, 0.15) is 6.61 Å². The monoisotopic (exact) mass is 312 g/mol. The van der Waals surface area contributed by atoms with Gasteiger partial charge in [0.25, 0.3) is 0 Å².